The molecule has 1 unspecified atom stereocenters. The van der Waals surface area contributed by atoms with Crippen LogP contribution in [0.2, 0.25) is 5.02 Å². The Bertz CT molecular complexity index is 617. The Kier molecular flexibility index (Phi) is 4.84. The predicted molar refractivity (Wildman–Crippen MR) is 85.4 cm³/mol. The van der Waals surface area contributed by atoms with E-state index in [1.165, 1.54) is 12.1 Å². The van der Waals surface area contributed by atoms with Gasteiger partial charge in [-0.15, -0.1) is 0 Å². The van der Waals surface area contributed by atoms with E-state index in [0.717, 1.165) is 0 Å². The number of nitrogens with one attached hydrogen (secondary N) is 1. The molecule has 0 aromatic heterocycles. The van der Waals surface area contributed by atoms with Crippen LogP contribution in [0.15, 0.2) is 12.1 Å². The minimum absolute atomic E-state index is 0.0403. The molecule has 1 aliphatic carbocycles. The van der Waals surface area contributed by atoms with Crippen molar-refractivity contribution in [3.8, 4) is 0 Å². The maximum Gasteiger partial charge on any atom is 0.248 e. The summed E-state index contributed by atoms with van der Waals surface area (Å²) in [7, 11) is 0. The van der Waals surface area contributed by atoms with Crippen LogP contribution in [0.25, 0.3) is 0 Å². The molecule has 1 saturated heterocycles. The highest BCUT2D eigenvalue weighted by Crippen LogP contribution is 2.51. The van der Waals surface area contributed by atoms with Gasteiger partial charge in [0.05, 0.1) is 5.02 Å². The van der Waals surface area contributed by atoms with E-state index in [-0.39, 0.29) is 35.5 Å². The number of nitrogens with zero attached hydrogens (tertiary/aromatic N) is 1. The summed E-state index contributed by atoms with van der Waals surface area (Å²) < 4.78 is 55.3. The summed E-state index contributed by atoms with van der Waals surface area (Å²) in [5, 5.41) is 3.02. The zero-order chi connectivity index (χ0) is 17.6. The molecule has 1 aromatic carbocycles. The molecular weight excluding hydrogens is 344 g/mol. The first kappa shape index (κ1) is 18.0. The van der Waals surface area contributed by atoms with Crippen molar-refractivity contribution < 1.29 is 17.6 Å². The fraction of sp³-hybridized carbons (Fsp3) is 0.647. The van der Waals surface area contributed by atoms with Gasteiger partial charge < -0.3 is 5.32 Å². The number of hydrogen-bond acceptors (Lipinski definition) is 2. The van der Waals surface area contributed by atoms with Crippen LogP contribution in [-0.2, 0) is 0 Å². The van der Waals surface area contributed by atoms with Crippen LogP contribution in [-0.4, -0.2) is 36.0 Å². The molecule has 0 bridgehead atoms. The zero-order valence-electron chi connectivity index (χ0n) is 13.6. The van der Waals surface area contributed by atoms with E-state index in [2.05, 4.69) is 5.32 Å². The van der Waals surface area contributed by atoms with Gasteiger partial charge >= 0.3 is 0 Å². The first-order valence-electron chi connectivity index (χ1n) is 8.20. The lowest BCUT2D eigenvalue weighted by Gasteiger charge is -2.49. The maximum absolute atomic E-state index is 14.5. The molecule has 134 valence electrons. The molecule has 7 heteroatoms. The van der Waals surface area contributed by atoms with Crippen LogP contribution in [0.1, 0.15) is 38.3 Å². The molecule has 1 saturated carbocycles. The van der Waals surface area contributed by atoms with Crippen molar-refractivity contribution in [3.05, 3.63) is 34.4 Å². The van der Waals surface area contributed by atoms with Gasteiger partial charge in [-0.05, 0) is 25.8 Å². The van der Waals surface area contributed by atoms with Gasteiger partial charge in [-0.3, -0.25) is 4.90 Å². The standard InChI is InChI=1S/C17H21ClF4N2/c1-9-8-24(10(2)7-23-9)16(11-5-17(21,22)6-11)12-3-4-13(18)15(20)14(12)19/h3-4,9-11,16,23H,5-8H2,1-2H3/t9-,10+,16?/m0/s1. The van der Waals surface area contributed by atoms with Crippen molar-refractivity contribution >= 4 is 11.6 Å². The molecule has 1 heterocycles. The summed E-state index contributed by atoms with van der Waals surface area (Å²) in [5.74, 6) is -5.25. The van der Waals surface area contributed by atoms with E-state index < -0.39 is 29.5 Å². The van der Waals surface area contributed by atoms with Gasteiger partial charge in [-0.1, -0.05) is 17.7 Å². The molecule has 0 spiro atoms. The van der Waals surface area contributed by atoms with E-state index in [0.29, 0.717) is 13.1 Å². The second-order valence-electron chi connectivity index (χ2n) is 7.09. The van der Waals surface area contributed by atoms with E-state index in [1.54, 1.807) is 0 Å². The van der Waals surface area contributed by atoms with Gasteiger partial charge in [0.1, 0.15) is 0 Å². The maximum atomic E-state index is 14.5. The SMILES string of the molecule is C[C@@H]1CN[C@@H](C)CN1C(c1ccc(Cl)c(F)c1F)C1CC(F)(F)C1. The molecule has 1 aromatic rings. The molecule has 3 rings (SSSR count). The third-order valence-corrected chi connectivity index (χ3v) is 5.41. The topological polar surface area (TPSA) is 15.3 Å². The lowest BCUT2D eigenvalue weighted by molar-refractivity contribution is -0.138. The van der Waals surface area contributed by atoms with Crippen molar-refractivity contribution in [3.63, 3.8) is 0 Å². The van der Waals surface area contributed by atoms with Crippen LogP contribution < -0.4 is 5.32 Å². The molecule has 2 aliphatic rings. The van der Waals surface area contributed by atoms with Gasteiger partial charge in [-0.25, -0.2) is 17.6 Å². The van der Waals surface area contributed by atoms with E-state index in [4.69, 9.17) is 11.6 Å². The average molecular weight is 365 g/mol. The quantitative estimate of drug-likeness (QED) is 0.632. The average Bonchev–Trinajstić information content (AvgIpc) is 2.49. The summed E-state index contributed by atoms with van der Waals surface area (Å²) >= 11 is 5.64. The Morgan fingerprint density at radius 1 is 1.21 bits per heavy atom. The second-order valence-corrected chi connectivity index (χ2v) is 7.50. The number of benzene rings is 1. The van der Waals surface area contributed by atoms with Gasteiger partial charge in [0.2, 0.25) is 5.92 Å². The van der Waals surface area contributed by atoms with Crippen LogP contribution in [0.3, 0.4) is 0 Å². The van der Waals surface area contributed by atoms with Crippen molar-refractivity contribution in [2.75, 3.05) is 13.1 Å². The smallest absolute Gasteiger partial charge is 0.248 e. The van der Waals surface area contributed by atoms with Gasteiger partial charge in [-0.2, -0.15) is 0 Å². The fourth-order valence-electron chi connectivity index (χ4n) is 3.84. The van der Waals surface area contributed by atoms with E-state index in [9.17, 15) is 17.6 Å². The van der Waals surface area contributed by atoms with E-state index in [1.807, 2.05) is 18.7 Å². The lowest BCUT2D eigenvalue weighted by atomic mass is 9.73. The molecule has 0 amide bonds. The first-order chi connectivity index (χ1) is 11.2. The highest BCUT2D eigenvalue weighted by Gasteiger charge is 2.51. The third-order valence-electron chi connectivity index (χ3n) is 5.12. The Balaban J connectivity index is 1.98. The molecular formula is C17H21ClF4N2. The van der Waals surface area contributed by atoms with Crippen molar-refractivity contribution in [1.29, 1.82) is 0 Å². The minimum Gasteiger partial charge on any atom is -0.311 e. The summed E-state index contributed by atoms with van der Waals surface area (Å²) in [5.41, 5.74) is 0.123. The Labute approximate surface area is 144 Å². The second kappa shape index (κ2) is 6.46. The normalized spacial score (nSPS) is 29.3. The highest BCUT2D eigenvalue weighted by molar-refractivity contribution is 6.30. The molecule has 0 radical (unpaired) electrons. The molecule has 24 heavy (non-hydrogen) atoms. The first-order valence-corrected chi connectivity index (χ1v) is 8.58. The van der Waals surface area contributed by atoms with Crippen molar-refractivity contribution in [1.82, 2.24) is 10.2 Å². The van der Waals surface area contributed by atoms with E-state index >= 15 is 0 Å². The number of alkyl halides is 2. The monoisotopic (exact) mass is 364 g/mol. The lowest BCUT2D eigenvalue weighted by Crippen LogP contribution is -2.58. The number of piperazine rings is 1. The highest BCUT2D eigenvalue weighted by atomic mass is 35.5. The molecule has 2 fully saturated rings. The van der Waals surface area contributed by atoms with Crippen molar-refractivity contribution in [2.24, 2.45) is 5.92 Å². The summed E-state index contributed by atoms with van der Waals surface area (Å²) in [4.78, 5) is 2.02. The van der Waals surface area contributed by atoms with Crippen LogP contribution in [0.5, 0.6) is 0 Å². The summed E-state index contributed by atoms with van der Waals surface area (Å²) in [6, 6.07) is 2.36. The minimum atomic E-state index is -2.72. The predicted octanol–water partition coefficient (Wildman–Crippen LogP) is 4.39. The van der Waals surface area contributed by atoms with Crippen LogP contribution in [0.4, 0.5) is 17.6 Å². The van der Waals surface area contributed by atoms with Crippen molar-refractivity contribution in [2.45, 2.75) is 50.7 Å². The largest absolute Gasteiger partial charge is 0.311 e. The zero-order valence-corrected chi connectivity index (χ0v) is 14.4. The molecule has 1 aliphatic heterocycles. The number of hydrogen-bond donors (Lipinski definition) is 1. The van der Waals surface area contributed by atoms with Crippen LogP contribution in [0, 0.1) is 17.6 Å². The third kappa shape index (κ3) is 3.28. The number of rotatable bonds is 3. The molecule has 3 atom stereocenters. The Morgan fingerprint density at radius 3 is 2.50 bits per heavy atom. The van der Waals surface area contributed by atoms with Crippen LogP contribution >= 0.6 is 11.6 Å². The Morgan fingerprint density at radius 2 is 1.88 bits per heavy atom. The van der Waals surface area contributed by atoms with Gasteiger partial charge in [0, 0.05) is 49.6 Å². The van der Waals surface area contributed by atoms with Gasteiger partial charge in [0.15, 0.2) is 11.6 Å². The van der Waals surface area contributed by atoms with Gasteiger partial charge in [0.25, 0.3) is 0 Å². The number of halogens is 5. The summed E-state index contributed by atoms with van der Waals surface area (Å²) in [6.07, 6.45) is -0.598. The Hall–Kier alpha value is -0.850. The fourth-order valence-corrected chi connectivity index (χ4v) is 3.99. The molecule has 2 nitrogen and oxygen atoms in total. The summed E-state index contributed by atoms with van der Waals surface area (Å²) in [6.45, 7) is 5.23. The molecule has 1 N–H and O–H groups in total.